The first-order chi connectivity index (χ1) is 18.2. The molecule has 0 radical (unpaired) electrons. The molecule has 3 aromatic carbocycles. The van der Waals surface area contributed by atoms with Crippen molar-refractivity contribution >= 4 is 52.2 Å². The predicted molar refractivity (Wildman–Crippen MR) is 144 cm³/mol. The van der Waals surface area contributed by atoms with Gasteiger partial charge < -0.3 is 15.4 Å². The molecule has 1 saturated heterocycles. The second-order valence-electron chi connectivity index (χ2n) is 8.53. The standard InChI is InChI=1S/C28H24FN3O5S/c1-17-3-8-22(13-18(17)2)31-25(33)15-32-27(35)24(38-28(32)36)14-19-4-11-23(12-5-19)37-16-26(34)30-21-9-6-20(29)7-10-21/h3-14H,15-16H2,1-2H3,(H,30,34)(H,31,33)/b24-14+. The smallest absolute Gasteiger partial charge is 0.294 e. The van der Waals surface area contributed by atoms with Crippen molar-refractivity contribution in [2.75, 3.05) is 23.8 Å². The number of carbonyl (C=O) groups excluding carboxylic acids is 4. The fourth-order valence-electron chi connectivity index (χ4n) is 3.49. The minimum Gasteiger partial charge on any atom is -0.484 e. The van der Waals surface area contributed by atoms with Gasteiger partial charge >= 0.3 is 0 Å². The number of nitrogens with zero attached hydrogens (tertiary/aromatic N) is 1. The summed E-state index contributed by atoms with van der Waals surface area (Å²) in [5.74, 6) is -1.40. The largest absolute Gasteiger partial charge is 0.484 e. The number of imide groups is 1. The average molecular weight is 534 g/mol. The number of rotatable bonds is 8. The molecular weight excluding hydrogens is 509 g/mol. The van der Waals surface area contributed by atoms with Crippen molar-refractivity contribution in [3.05, 3.63) is 94.1 Å². The molecule has 8 nitrogen and oxygen atoms in total. The SMILES string of the molecule is Cc1ccc(NC(=O)CN2C(=O)S/C(=C/c3ccc(OCC(=O)Nc4ccc(F)cc4)cc3)C2=O)cc1C. The van der Waals surface area contributed by atoms with Gasteiger partial charge in [0.2, 0.25) is 5.91 Å². The number of hydrogen-bond donors (Lipinski definition) is 2. The number of nitrogens with one attached hydrogen (secondary N) is 2. The topological polar surface area (TPSA) is 105 Å². The molecular formula is C28H24FN3O5S. The van der Waals surface area contributed by atoms with Crippen molar-refractivity contribution in [2.45, 2.75) is 13.8 Å². The van der Waals surface area contributed by atoms with Crippen molar-refractivity contribution < 1.29 is 28.3 Å². The van der Waals surface area contributed by atoms with E-state index in [1.807, 2.05) is 26.0 Å². The van der Waals surface area contributed by atoms with Gasteiger partial charge in [-0.1, -0.05) is 18.2 Å². The quantitative estimate of drug-likeness (QED) is 0.389. The van der Waals surface area contributed by atoms with Crippen LogP contribution in [-0.4, -0.2) is 41.0 Å². The predicted octanol–water partition coefficient (Wildman–Crippen LogP) is 5.14. The molecule has 10 heteroatoms. The molecule has 1 heterocycles. The van der Waals surface area contributed by atoms with Crippen molar-refractivity contribution in [1.82, 2.24) is 4.90 Å². The average Bonchev–Trinajstić information content (AvgIpc) is 3.14. The Kier molecular flexibility index (Phi) is 8.22. The number of benzene rings is 3. The summed E-state index contributed by atoms with van der Waals surface area (Å²) in [4.78, 5) is 50.7. The molecule has 38 heavy (non-hydrogen) atoms. The van der Waals surface area contributed by atoms with E-state index in [4.69, 9.17) is 4.74 Å². The van der Waals surface area contributed by atoms with Gasteiger partial charge in [0.05, 0.1) is 4.91 Å². The Balaban J connectivity index is 1.30. The van der Waals surface area contributed by atoms with Crippen LogP contribution in [0.15, 0.2) is 71.6 Å². The van der Waals surface area contributed by atoms with E-state index < -0.39 is 28.8 Å². The van der Waals surface area contributed by atoms with E-state index in [0.29, 0.717) is 22.7 Å². The van der Waals surface area contributed by atoms with Gasteiger partial charge in [-0.25, -0.2) is 4.39 Å². The van der Waals surface area contributed by atoms with Crippen LogP contribution in [0.4, 0.5) is 20.6 Å². The highest BCUT2D eigenvalue weighted by molar-refractivity contribution is 8.18. The maximum absolute atomic E-state index is 13.0. The Bertz CT molecular complexity index is 1420. The molecule has 0 saturated carbocycles. The van der Waals surface area contributed by atoms with Crippen molar-refractivity contribution in [3.8, 4) is 5.75 Å². The molecule has 1 fully saturated rings. The normalized spacial score (nSPS) is 14.1. The van der Waals surface area contributed by atoms with Gasteiger partial charge in [-0.3, -0.25) is 24.1 Å². The molecule has 0 atom stereocenters. The highest BCUT2D eigenvalue weighted by atomic mass is 32.2. The number of halogens is 1. The third-order valence-corrected chi connectivity index (χ3v) is 6.55. The van der Waals surface area contributed by atoms with Crippen LogP contribution in [0.2, 0.25) is 0 Å². The van der Waals surface area contributed by atoms with Crippen LogP contribution in [0, 0.1) is 19.7 Å². The van der Waals surface area contributed by atoms with E-state index >= 15 is 0 Å². The van der Waals surface area contributed by atoms with E-state index in [0.717, 1.165) is 27.8 Å². The molecule has 3 aromatic rings. The number of amides is 4. The number of carbonyl (C=O) groups is 4. The lowest BCUT2D eigenvalue weighted by atomic mass is 10.1. The Hall–Kier alpha value is -4.44. The summed E-state index contributed by atoms with van der Waals surface area (Å²) < 4.78 is 18.4. The van der Waals surface area contributed by atoms with Gasteiger partial charge in [0.25, 0.3) is 17.1 Å². The van der Waals surface area contributed by atoms with Crippen molar-refractivity contribution in [3.63, 3.8) is 0 Å². The third kappa shape index (κ3) is 6.86. The highest BCUT2D eigenvalue weighted by Gasteiger charge is 2.36. The lowest BCUT2D eigenvalue weighted by Crippen LogP contribution is -2.36. The van der Waals surface area contributed by atoms with Crippen LogP contribution in [0.25, 0.3) is 6.08 Å². The molecule has 1 aliphatic heterocycles. The molecule has 0 unspecified atom stereocenters. The van der Waals surface area contributed by atoms with Gasteiger partial charge in [0.1, 0.15) is 18.1 Å². The van der Waals surface area contributed by atoms with Crippen LogP contribution in [0.5, 0.6) is 5.75 Å². The summed E-state index contributed by atoms with van der Waals surface area (Å²) in [6.07, 6.45) is 1.55. The van der Waals surface area contributed by atoms with Crippen LogP contribution < -0.4 is 15.4 Å². The first-order valence-corrected chi connectivity index (χ1v) is 12.4. The monoisotopic (exact) mass is 533 g/mol. The number of aryl methyl sites for hydroxylation is 2. The molecule has 0 spiro atoms. The molecule has 194 valence electrons. The first-order valence-electron chi connectivity index (χ1n) is 11.6. The summed E-state index contributed by atoms with van der Waals surface area (Å²) in [5.41, 5.74) is 3.79. The van der Waals surface area contributed by atoms with Gasteiger partial charge in [-0.15, -0.1) is 0 Å². The fraction of sp³-hybridized carbons (Fsp3) is 0.143. The minimum absolute atomic E-state index is 0.196. The zero-order chi connectivity index (χ0) is 27.2. The van der Waals surface area contributed by atoms with Crippen LogP contribution in [-0.2, 0) is 14.4 Å². The van der Waals surface area contributed by atoms with E-state index in [2.05, 4.69) is 10.6 Å². The summed E-state index contributed by atoms with van der Waals surface area (Å²) in [6.45, 7) is 3.25. The zero-order valence-corrected chi connectivity index (χ0v) is 21.4. The number of ether oxygens (including phenoxy) is 1. The van der Waals surface area contributed by atoms with Crippen LogP contribution in [0.1, 0.15) is 16.7 Å². The van der Waals surface area contributed by atoms with Gasteiger partial charge in [-0.2, -0.15) is 0 Å². The van der Waals surface area contributed by atoms with Gasteiger partial charge in [0.15, 0.2) is 6.61 Å². The summed E-state index contributed by atoms with van der Waals surface area (Å²) in [7, 11) is 0. The fourth-order valence-corrected chi connectivity index (χ4v) is 4.33. The summed E-state index contributed by atoms with van der Waals surface area (Å²) >= 11 is 0.760. The van der Waals surface area contributed by atoms with Crippen LogP contribution >= 0.6 is 11.8 Å². The van der Waals surface area contributed by atoms with Gasteiger partial charge in [-0.05, 0) is 96.9 Å². The minimum atomic E-state index is -0.548. The van der Waals surface area contributed by atoms with E-state index in [1.54, 1.807) is 36.4 Å². The molecule has 4 rings (SSSR count). The number of hydrogen-bond acceptors (Lipinski definition) is 6. The maximum atomic E-state index is 13.0. The Morgan fingerprint density at radius 1 is 0.895 bits per heavy atom. The Labute approximate surface area is 222 Å². The van der Waals surface area contributed by atoms with Crippen LogP contribution in [0.3, 0.4) is 0 Å². The molecule has 1 aliphatic rings. The molecule has 0 bridgehead atoms. The lowest BCUT2D eigenvalue weighted by molar-refractivity contribution is -0.127. The Morgan fingerprint density at radius 3 is 2.24 bits per heavy atom. The second kappa shape index (κ2) is 11.7. The Morgan fingerprint density at radius 2 is 1.55 bits per heavy atom. The molecule has 4 amide bonds. The first kappa shape index (κ1) is 26.6. The molecule has 0 aliphatic carbocycles. The molecule has 0 aromatic heterocycles. The highest BCUT2D eigenvalue weighted by Crippen LogP contribution is 2.32. The lowest BCUT2D eigenvalue weighted by Gasteiger charge is -2.13. The second-order valence-corrected chi connectivity index (χ2v) is 9.52. The summed E-state index contributed by atoms with van der Waals surface area (Å²) in [6, 6.07) is 17.4. The number of thioether (sulfide) groups is 1. The van der Waals surface area contributed by atoms with Crippen molar-refractivity contribution in [2.24, 2.45) is 0 Å². The van der Waals surface area contributed by atoms with Crippen molar-refractivity contribution in [1.29, 1.82) is 0 Å². The van der Waals surface area contributed by atoms with E-state index in [9.17, 15) is 23.6 Å². The third-order valence-electron chi connectivity index (χ3n) is 5.64. The number of anilines is 2. The summed E-state index contributed by atoms with van der Waals surface area (Å²) in [5, 5.41) is 4.79. The zero-order valence-electron chi connectivity index (χ0n) is 20.6. The van der Waals surface area contributed by atoms with E-state index in [-0.39, 0.29) is 18.1 Å². The van der Waals surface area contributed by atoms with Gasteiger partial charge in [0, 0.05) is 11.4 Å². The van der Waals surface area contributed by atoms with E-state index in [1.165, 1.54) is 24.3 Å². The maximum Gasteiger partial charge on any atom is 0.294 e. The molecule has 2 N–H and O–H groups in total.